The molecule has 1 amide bonds. The number of nitrogen functional groups attached to an aromatic ring is 1. The van der Waals surface area contributed by atoms with Gasteiger partial charge in [0.15, 0.2) is 5.69 Å². The van der Waals surface area contributed by atoms with E-state index in [2.05, 4.69) is 10.4 Å². The Morgan fingerprint density at radius 2 is 1.94 bits per heavy atom. The van der Waals surface area contributed by atoms with Crippen LogP contribution in [-0.4, -0.2) is 26.8 Å². The van der Waals surface area contributed by atoms with Crippen LogP contribution in [0.25, 0.3) is 16.3 Å². The highest BCUT2D eigenvalue weighted by Crippen LogP contribution is 2.32. The number of thiophene rings is 1. The molecule has 0 unspecified atom stereocenters. The summed E-state index contributed by atoms with van der Waals surface area (Å²) in [5, 5.41) is 18.7. The van der Waals surface area contributed by atoms with Crippen molar-refractivity contribution in [3.05, 3.63) is 88.2 Å². The molecule has 0 fully saturated rings. The van der Waals surface area contributed by atoms with Gasteiger partial charge in [-0.1, -0.05) is 24.3 Å². The second-order valence-corrected chi connectivity index (χ2v) is 8.06. The minimum Gasteiger partial charge on any atom is -0.476 e. The van der Waals surface area contributed by atoms with E-state index in [1.165, 1.54) is 28.2 Å². The van der Waals surface area contributed by atoms with E-state index in [9.17, 15) is 19.1 Å². The number of carbonyl (C=O) groups is 2. The molecule has 4 rings (SSSR count). The molecule has 0 saturated heterocycles. The molecule has 0 saturated carbocycles. The monoisotopic (exact) mass is 450 g/mol. The van der Waals surface area contributed by atoms with Gasteiger partial charge in [0.25, 0.3) is 5.91 Å². The number of anilines is 1. The predicted molar refractivity (Wildman–Crippen MR) is 121 cm³/mol. The van der Waals surface area contributed by atoms with Gasteiger partial charge in [-0.25, -0.2) is 13.9 Å². The third kappa shape index (κ3) is 4.10. The van der Waals surface area contributed by atoms with E-state index in [0.29, 0.717) is 16.9 Å². The minimum absolute atomic E-state index is 0.0988. The Bertz CT molecular complexity index is 1300. The molecule has 7 nitrogen and oxygen atoms in total. The quantitative estimate of drug-likeness (QED) is 0.407. The first-order valence-electron chi connectivity index (χ1n) is 9.64. The van der Waals surface area contributed by atoms with Crippen LogP contribution in [0.4, 0.5) is 10.1 Å². The van der Waals surface area contributed by atoms with E-state index in [0.717, 1.165) is 10.4 Å². The van der Waals surface area contributed by atoms with Crippen molar-refractivity contribution in [2.75, 3.05) is 5.73 Å². The zero-order valence-corrected chi connectivity index (χ0v) is 17.8. The van der Waals surface area contributed by atoms with Gasteiger partial charge in [-0.15, -0.1) is 11.3 Å². The number of aromatic carboxylic acids is 1. The third-order valence-electron chi connectivity index (χ3n) is 4.96. The van der Waals surface area contributed by atoms with Crippen molar-refractivity contribution in [3.63, 3.8) is 0 Å². The summed E-state index contributed by atoms with van der Waals surface area (Å²) in [6.45, 7) is 1.96. The Morgan fingerprint density at radius 1 is 1.19 bits per heavy atom. The number of nitrogens with one attached hydrogen (secondary N) is 1. The second kappa shape index (κ2) is 8.64. The van der Waals surface area contributed by atoms with Crippen LogP contribution in [0.3, 0.4) is 0 Å². The van der Waals surface area contributed by atoms with Crippen LogP contribution in [0.1, 0.15) is 32.0 Å². The van der Waals surface area contributed by atoms with Gasteiger partial charge in [-0.3, -0.25) is 4.79 Å². The molecular formula is C23H19FN4O3S. The fourth-order valence-electron chi connectivity index (χ4n) is 3.29. The smallest absolute Gasteiger partial charge is 0.356 e. The van der Waals surface area contributed by atoms with Gasteiger partial charge >= 0.3 is 5.97 Å². The van der Waals surface area contributed by atoms with Gasteiger partial charge < -0.3 is 16.2 Å². The lowest BCUT2D eigenvalue weighted by Gasteiger charge is -2.09. The first-order chi connectivity index (χ1) is 15.3. The maximum absolute atomic E-state index is 13.4. The number of carboxylic acid groups (broad SMARTS) is 1. The molecule has 4 aromatic rings. The molecule has 0 spiro atoms. The third-order valence-corrected chi connectivity index (χ3v) is 5.83. The number of rotatable bonds is 6. The first kappa shape index (κ1) is 21.3. The zero-order valence-electron chi connectivity index (χ0n) is 17.0. The van der Waals surface area contributed by atoms with Gasteiger partial charge in [0.05, 0.1) is 16.3 Å². The highest BCUT2D eigenvalue weighted by atomic mass is 32.1. The number of benzene rings is 2. The van der Waals surface area contributed by atoms with Crippen molar-refractivity contribution in [2.45, 2.75) is 13.5 Å². The molecule has 0 aliphatic rings. The molecule has 0 aliphatic heterocycles. The summed E-state index contributed by atoms with van der Waals surface area (Å²) in [6, 6.07) is 14.6. The van der Waals surface area contributed by atoms with Crippen molar-refractivity contribution in [1.82, 2.24) is 15.1 Å². The molecule has 4 N–H and O–H groups in total. The van der Waals surface area contributed by atoms with Crippen LogP contribution in [0.5, 0.6) is 0 Å². The van der Waals surface area contributed by atoms with Crippen molar-refractivity contribution in [2.24, 2.45) is 0 Å². The van der Waals surface area contributed by atoms with Crippen molar-refractivity contribution < 1.29 is 19.1 Å². The van der Waals surface area contributed by atoms with Crippen molar-refractivity contribution in [1.29, 1.82) is 0 Å². The summed E-state index contributed by atoms with van der Waals surface area (Å²) in [6.07, 6.45) is 0. The largest absolute Gasteiger partial charge is 0.476 e. The van der Waals surface area contributed by atoms with E-state index in [-0.39, 0.29) is 29.4 Å². The van der Waals surface area contributed by atoms with Gasteiger partial charge in [0.1, 0.15) is 11.5 Å². The van der Waals surface area contributed by atoms with E-state index >= 15 is 0 Å². The number of halogens is 1. The molecule has 0 aliphatic carbocycles. The second-order valence-electron chi connectivity index (χ2n) is 7.11. The fraction of sp³-hybridized carbons (Fsp3) is 0.0870. The van der Waals surface area contributed by atoms with E-state index < -0.39 is 11.8 Å². The van der Waals surface area contributed by atoms with Crippen LogP contribution in [0, 0.1) is 12.7 Å². The van der Waals surface area contributed by atoms with Gasteiger partial charge in [0, 0.05) is 12.1 Å². The number of aryl methyl sites for hydroxylation is 1. The molecule has 162 valence electrons. The Labute approximate surface area is 186 Å². The summed E-state index contributed by atoms with van der Waals surface area (Å²) in [7, 11) is 0. The van der Waals surface area contributed by atoms with Crippen LogP contribution >= 0.6 is 11.3 Å². The highest BCUT2D eigenvalue weighted by molar-refractivity contribution is 7.13. The number of hydrogen-bond donors (Lipinski definition) is 3. The molecule has 2 aromatic carbocycles. The SMILES string of the molecule is Cc1ccc(F)cc1C(=O)NCc1ccc(-n2nc(-c3cccs3)c(N)c2C(=O)O)cc1. The number of amides is 1. The van der Waals surface area contributed by atoms with Gasteiger partial charge in [-0.05, 0) is 53.8 Å². The average molecular weight is 450 g/mol. The van der Waals surface area contributed by atoms with Crippen LogP contribution in [0.2, 0.25) is 0 Å². The van der Waals surface area contributed by atoms with Crippen LogP contribution < -0.4 is 11.1 Å². The standard InChI is InChI=1S/C23H19FN4O3S/c1-13-4-7-15(24)11-17(13)22(29)26-12-14-5-8-16(9-6-14)28-21(23(30)31)19(25)20(27-28)18-3-2-10-32-18/h2-11H,12,25H2,1H3,(H,26,29)(H,30,31). The molecule has 2 heterocycles. The van der Waals surface area contributed by atoms with Crippen LogP contribution in [0.15, 0.2) is 60.0 Å². The Kier molecular flexibility index (Phi) is 5.74. The zero-order chi connectivity index (χ0) is 22.8. The lowest BCUT2D eigenvalue weighted by molar-refractivity contribution is 0.0688. The lowest BCUT2D eigenvalue weighted by atomic mass is 10.1. The van der Waals surface area contributed by atoms with E-state index in [1.807, 2.05) is 17.5 Å². The maximum Gasteiger partial charge on any atom is 0.356 e. The number of aromatic nitrogens is 2. The van der Waals surface area contributed by atoms with Crippen molar-refractivity contribution >= 4 is 28.9 Å². The lowest BCUT2D eigenvalue weighted by Crippen LogP contribution is -2.23. The Balaban J connectivity index is 1.55. The Morgan fingerprint density at radius 3 is 2.59 bits per heavy atom. The summed E-state index contributed by atoms with van der Waals surface area (Å²) >= 11 is 1.42. The predicted octanol–water partition coefficient (Wildman–Crippen LogP) is 4.26. The van der Waals surface area contributed by atoms with Gasteiger partial charge in [-0.2, -0.15) is 5.10 Å². The Hall–Kier alpha value is -3.98. The summed E-state index contributed by atoms with van der Waals surface area (Å²) in [5.74, 6) is -2.03. The van der Waals surface area contributed by atoms with Crippen LogP contribution in [-0.2, 0) is 6.54 Å². The number of nitrogens with two attached hydrogens (primary N) is 1. The molecular weight excluding hydrogens is 431 g/mol. The van der Waals surface area contributed by atoms with Crippen molar-refractivity contribution in [3.8, 4) is 16.3 Å². The molecule has 9 heteroatoms. The number of nitrogens with zero attached hydrogens (tertiary/aromatic N) is 2. The van der Waals surface area contributed by atoms with Gasteiger partial charge in [0.2, 0.25) is 0 Å². The molecule has 2 aromatic heterocycles. The molecule has 0 radical (unpaired) electrons. The number of hydrogen-bond acceptors (Lipinski definition) is 5. The summed E-state index contributed by atoms with van der Waals surface area (Å²) in [4.78, 5) is 25.0. The van der Waals surface area contributed by atoms with E-state index in [4.69, 9.17) is 5.73 Å². The molecule has 0 atom stereocenters. The number of carboxylic acids is 1. The normalized spacial score (nSPS) is 10.8. The fourth-order valence-corrected chi connectivity index (χ4v) is 4.01. The number of carbonyl (C=O) groups excluding carboxylic acids is 1. The first-order valence-corrected chi connectivity index (χ1v) is 10.5. The molecule has 32 heavy (non-hydrogen) atoms. The highest BCUT2D eigenvalue weighted by Gasteiger charge is 2.23. The minimum atomic E-state index is -1.18. The molecule has 0 bridgehead atoms. The maximum atomic E-state index is 13.4. The topological polar surface area (TPSA) is 110 Å². The summed E-state index contributed by atoms with van der Waals surface area (Å²) in [5.41, 5.74) is 8.75. The average Bonchev–Trinajstić information content (AvgIpc) is 3.42. The van der Waals surface area contributed by atoms with E-state index in [1.54, 1.807) is 37.3 Å². The summed E-state index contributed by atoms with van der Waals surface area (Å²) < 4.78 is 14.7.